The van der Waals surface area contributed by atoms with E-state index in [1.807, 2.05) is 48.5 Å². The minimum absolute atomic E-state index is 0.00484. The Morgan fingerprint density at radius 2 is 1.49 bits per heavy atom. The van der Waals surface area contributed by atoms with E-state index < -0.39 is 17.6 Å². The van der Waals surface area contributed by atoms with E-state index in [2.05, 4.69) is 25.4 Å². The van der Waals surface area contributed by atoms with E-state index in [1.54, 1.807) is 36.4 Å². The second-order valence-electron chi connectivity index (χ2n) is 11.9. The number of aliphatic hydroxyl groups is 1. The van der Waals surface area contributed by atoms with Gasteiger partial charge in [-0.1, -0.05) is 58.8 Å². The summed E-state index contributed by atoms with van der Waals surface area (Å²) in [5.74, 6) is 1.73. The Bertz CT molecular complexity index is 2000. The summed E-state index contributed by atoms with van der Waals surface area (Å²) in [7, 11) is 4.57. The molecule has 0 bridgehead atoms. The highest BCUT2D eigenvalue weighted by Crippen LogP contribution is 2.44. The first-order valence-electron chi connectivity index (χ1n) is 16.7. The Morgan fingerprint density at radius 3 is 2.11 bits per heavy atom. The van der Waals surface area contributed by atoms with Gasteiger partial charge in [0.05, 0.1) is 53.1 Å². The number of hydrogen-bond donors (Lipinski definition) is 2. The van der Waals surface area contributed by atoms with Crippen molar-refractivity contribution in [3.05, 3.63) is 139 Å². The Hall–Kier alpha value is -6.40. The molecule has 1 aliphatic rings. The SMILES string of the molecule is COc1cc(OC)c(CNC(=O)[C@]2(Cc3ccccc3CN=[N+]=[N-])N=C(c3ccc(OCCCO)cc3)O[C@@H]2c2ccccc2CN=[N+]=[N-])c(OC)c1. The lowest BCUT2D eigenvalue weighted by molar-refractivity contribution is -0.129. The van der Waals surface area contributed by atoms with Gasteiger partial charge in [0.15, 0.2) is 11.6 Å². The third-order valence-corrected chi connectivity index (χ3v) is 8.80. The van der Waals surface area contributed by atoms with Gasteiger partial charge in [-0.3, -0.25) is 4.79 Å². The summed E-state index contributed by atoms with van der Waals surface area (Å²) in [6, 6.07) is 25.1. The zero-order valence-electron chi connectivity index (χ0n) is 29.6. The van der Waals surface area contributed by atoms with Crippen molar-refractivity contribution in [3.63, 3.8) is 0 Å². The summed E-state index contributed by atoms with van der Waals surface area (Å²) in [4.78, 5) is 26.1. The van der Waals surface area contributed by atoms with Gasteiger partial charge in [0, 0.05) is 47.0 Å². The average Bonchev–Trinajstić information content (AvgIpc) is 3.58. The normalized spacial score (nSPS) is 15.9. The van der Waals surface area contributed by atoms with Crippen LogP contribution in [0.15, 0.2) is 100 Å². The van der Waals surface area contributed by atoms with Crippen LogP contribution in [-0.4, -0.2) is 57.0 Å². The lowest BCUT2D eigenvalue weighted by atomic mass is 9.79. The first-order valence-corrected chi connectivity index (χ1v) is 16.7. The standard InChI is InChI=1S/C38H40N8O7/c1-49-30-19-33(50-2)32(34(20-30)51-3)24-41-37(48)38(21-26-9-4-5-10-27(26)22-42-45-39)35(31-12-7-6-11-28(31)23-43-46-40)53-36(44-38)25-13-15-29(16-14-25)52-18-8-17-47/h4-7,9-16,19-20,35,47H,8,17-18,21-24H2,1-3H3,(H,41,48)/t35-,38-/m1/s1. The number of ether oxygens (including phenoxy) is 5. The van der Waals surface area contributed by atoms with Gasteiger partial charge in [-0.2, -0.15) is 0 Å². The van der Waals surface area contributed by atoms with Crippen molar-refractivity contribution in [2.24, 2.45) is 15.2 Å². The summed E-state index contributed by atoms with van der Waals surface area (Å²) in [5.41, 5.74) is 20.5. The highest BCUT2D eigenvalue weighted by molar-refractivity contribution is 6.01. The van der Waals surface area contributed by atoms with Crippen LogP contribution < -0.4 is 24.3 Å². The zero-order valence-corrected chi connectivity index (χ0v) is 29.6. The lowest BCUT2D eigenvalue weighted by Crippen LogP contribution is -2.50. The van der Waals surface area contributed by atoms with E-state index in [1.165, 1.54) is 21.3 Å². The van der Waals surface area contributed by atoms with Crippen molar-refractivity contribution in [2.75, 3.05) is 34.5 Å². The van der Waals surface area contributed by atoms with Crippen molar-refractivity contribution < 1.29 is 33.6 Å². The van der Waals surface area contributed by atoms with Crippen LogP contribution in [0.4, 0.5) is 0 Å². The van der Waals surface area contributed by atoms with Gasteiger partial charge < -0.3 is 34.1 Å². The molecule has 15 nitrogen and oxygen atoms in total. The van der Waals surface area contributed by atoms with Gasteiger partial charge in [0.1, 0.15) is 23.0 Å². The van der Waals surface area contributed by atoms with E-state index in [0.717, 1.165) is 0 Å². The molecule has 0 fully saturated rings. The highest BCUT2D eigenvalue weighted by atomic mass is 16.5. The maximum absolute atomic E-state index is 15.1. The number of nitrogens with zero attached hydrogens (tertiary/aromatic N) is 7. The van der Waals surface area contributed by atoms with Crippen LogP contribution in [0.25, 0.3) is 20.9 Å². The van der Waals surface area contributed by atoms with Crippen LogP contribution in [0.1, 0.15) is 45.9 Å². The fourth-order valence-electron chi connectivity index (χ4n) is 6.16. The fraction of sp³-hybridized carbons (Fsp3) is 0.316. The molecular formula is C38H40N8O7. The molecule has 0 saturated heterocycles. The summed E-state index contributed by atoms with van der Waals surface area (Å²) < 4.78 is 29.2. The topological polar surface area (TPSA) is 205 Å². The largest absolute Gasteiger partial charge is 0.496 e. The van der Waals surface area contributed by atoms with Crippen LogP contribution in [0, 0.1) is 0 Å². The predicted octanol–water partition coefficient (Wildman–Crippen LogP) is 6.91. The van der Waals surface area contributed by atoms with E-state index >= 15 is 4.79 Å². The maximum Gasteiger partial charge on any atom is 0.252 e. The molecule has 274 valence electrons. The van der Waals surface area contributed by atoms with Crippen molar-refractivity contribution >= 4 is 11.8 Å². The first kappa shape index (κ1) is 37.8. The molecule has 0 saturated carbocycles. The molecule has 0 radical (unpaired) electrons. The number of methoxy groups -OCH3 is 3. The number of hydrogen-bond acceptors (Lipinski definition) is 10. The highest BCUT2D eigenvalue weighted by Gasteiger charge is 2.54. The van der Waals surface area contributed by atoms with Crippen LogP contribution in [0.2, 0.25) is 0 Å². The maximum atomic E-state index is 15.1. The third-order valence-electron chi connectivity index (χ3n) is 8.80. The van der Waals surface area contributed by atoms with E-state index in [4.69, 9.17) is 39.3 Å². The Morgan fingerprint density at radius 1 is 0.868 bits per heavy atom. The number of azide groups is 2. The smallest absolute Gasteiger partial charge is 0.252 e. The van der Waals surface area contributed by atoms with Crippen LogP contribution in [0.3, 0.4) is 0 Å². The van der Waals surface area contributed by atoms with Crippen LogP contribution in [-0.2, 0) is 35.6 Å². The van der Waals surface area contributed by atoms with Gasteiger partial charge in [-0.15, -0.1) is 0 Å². The number of benzene rings is 4. The minimum Gasteiger partial charge on any atom is -0.496 e. The number of aliphatic imine (C=N–C) groups is 1. The molecule has 0 aliphatic carbocycles. The number of nitrogens with one attached hydrogen (secondary N) is 1. The van der Waals surface area contributed by atoms with Crippen molar-refractivity contribution in [2.45, 2.75) is 44.1 Å². The van der Waals surface area contributed by atoms with Crippen LogP contribution in [0.5, 0.6) is 23.0 Å². The molecule has 1 heterocycles. The van der Waals surface area contributed by atoms with E-state index in [-0.39, 0.29) is 38.6 Å². The molecular weight excluding hydrogens is 680 g/mol. The number of rotatable bonds is 18. The molecule has 0 unspecified atom stereocenters. The fourth-order valence-corrected chi connectivity index (χ4v) is 6.16. The molecule has 4 aromatic rings. The molecule has 0 spiro atoms. The molecule has 15 heteroatoms. The molecule has 4 aromatic carbocycles. The van der Waals surface area contributed by atoms with Crippen molar-refractivity contribution in [3.8, 4) is 23.0 Å². The van der Waals surface area contributed by atoms with Gasteiger partial charge in [-0.25, -0.2) is 4.99 Å². The summed E-state index contributed by atoms with van der Waals surface area (Å²) in [5, 5.41) is 19.9. The zero-order chi connectivity index (χ0) is 37.6. The summed E-state index contributed by atoms with van der Waals surface area (Å²) in [6.45, 7) is 0.416. The van der Waals surface area contributed by atoms with Crippen molar-refractivity contribution in [1.29, 1.82) is 0 Å². The molecule has 1 amide bonds. The monoisotopic (exact) mass is 720 g/mol. The Kier molecular flexibility index (Phi) is 13.0. The first-order chi connectivity index (χ1) is 25.9. The molecule has 53 heavy (non-hydrogen) atoms. The lowest BCUT2D eigenvalue weighted by Gasteiger charge is -2.32. The molecule has 2 N–H and O–H groups in total. The number of amides is 1. The van der Waals surface area contributed by atoms with E-state index in [0.29, 0.717) is 69.4 Å². The van der Waals surface area contributed by atoms with Gasteiger partial charge in [0.2, 0.25) is 5.90 Å². The molecule has 0 aromatic heterocycles. The van der Waals surface area contributed by atoms with Crippen LogP contribution >= 0.6 is 0 Å². The quantitative estimate of drug-likeness (QED) is 0.0480. The van der Waals surface area contributed by atoms with Crippen molar-refractivity contribution in [1.82, 2.24) is 5.32 Å². The Labute approximate surface area is 306 Å². The molecule has 1 aliphatic heterocycles. The third kappa shape index (κ3) is 8.74. The predicted molar refractivity (Wildman–Crippen MR) is 197 cm³/mol. The second-order valence-corrected chi connectivity index (χ2v) is 11.9. The molecule has 2 atom stereocenters. The van der Waals surface area contributed by atoms with E-state index in [9.17, 15) is 5.53 Å². The molecule has 5 rings (SSSR count). The Balaban J connectivity index is 1.67. The number of carbonyl (C=O) groups excluding carboxylic acids is 1. The number of aliphatic hydroxyl groups excluding tert-OH is 1. The summed E-state index contributed by atoms with van der Waals surface area (Å²) >= 11 is 0. The van der Waals surface area contributed by atoms with Gasteiger partial charge in [0.25, 0.3) is 5.91 Å². The van der Waals surface area contributed by atoms with Gasteiger partial charge >= 0.3 is 0 Å². The average molecular weight is 721 g/mol. The summed E-state index contributed by atoms with van der Waals surface area (Å²) in [6.07, 6.45) is -0.476. The minimum atomic E-state index is -1.64. The second kappa shape index (κ2) is 18.2. The van der Waals surface area contributed by atoms with Gasteiger partial charge in [-0.05, 0) is 57.6 Å². The number of carbonyl (C=O) groups is 1.